The van der Waals surface area contributed by atoms with Crippen molar-refractivity contribution in [2.75, 3.05) is 0 Å². The van der Waals surface area contributed by atoms with Gasteiger partial charge in [0.25, 0.3) is 0 Å². The quantitative estimate of drug-likeness (QED) is 0.246. The van der Waals surface area contributed by atoms with Gasteiger partial charge >= 0.3 is 26.2 Å². The molecular formula is C44H47Cl2Zr. The standard InChI is InChI=1S/C44H47.2ClH.Zr/c1-28-21-24-33(41(28)44(8,9)10)39-36-25-31-22-23-32(42(2,3)4)26-34(31)35(36)27-37(43(5,6)7)40(39)38(29-17-13-11-14-18-29)30-19-15-12-16-20-30;;;/h11-23,26-27H,24H2,1-10H3;2*1H;/q-1;;;+3/p-2. The SMILES string of the molecule is CC1=CCC(c2c3c(cc(C(C)(C)C)c2=C(c2ccccc2)c2ccccc2)=c2cc(C(C)(C)C)ccc2=[C-]3)=C1C(C)(C)C.[Cl-].[Cl-].[Zr+3]. The normalized spacial score (nSPS) is 13.8. The number of rotatable bonds is 3. The van der Waals surface area contributed by atoms with Crippen molar-refractivity contribution in [1.82, 2.24) is 0 Å². The fourth-order valence-electron chi connectivity index (χ4n) is 7.29. The molecule has 0 saturated heterocycles. The summed E-state index contributed by atoms with van der Waals surface area (Å²) in [5.74, 6) is 0. The zero-order valence-electron chi connectivity index (χ0n) is 29.6. The fraction of sp³-hybridized carbons (Fsp3) is 0.318. The summed E-state index contributed by atoms with van der Waals surface area (Å²) in [6, 6.07) is 31.6. The summed E-state index contributed by atoms with van der Waals surface area (Å²) in [6.45, 7) is 23.5. The number of benzene rings is 4. The average Bonchev–Trinajstić information content (AvgIpc) is 3.52. The Morgan fingerprint density at radius 2 is 1.19 bits per heavy atom. The van der Waals surface area contributed by atoms with Gasteiger partial charge in [0.15, 0.2) is 0 Å². The molecule has 2 aliphatic rings. The number of hydrogen-bond donors (Lipinski definition) is 0. The number of halogens is 2. The van der Waals surface area contributed by atoms with E-state index in [4.69, 9.17) is 0 Å². The molecule has 1 radical (unpaired) electrons. The van der Waals surface area contributed by atoms with Crippen LogP contribution in [0.4, 0.5) is 0 Å². The van der Waals surface area contributed by atoms with Crippen molar-refractivity contribution < 1.29 is 51.0 Å². The summed E-state index contributed by atoms with van der Waals surface area (Å²) in [4.78, 5) is 0. The average molecular weight is 738 g/mol. The van der Waals surface area contributed by atoms with E-state index in [1.807, 2.05) is 0 Å². The molecule has 6 rings (SSSR count). The number of allylic oxidation sites excluding steroid dienone is 4. The Bertz CT molecular complexity index is 2020. The van der Waals surface area contributed by atoms with Crippen LogP contribution in [0.1, 0.15) is 109 Å². The molecule has 4 aromatic carbocycles. The van der Waals surface area contributed by atoms with Crippen molar-refractivity contribution in [3.63, 3.8) is 0 Å². The zero-order valence-corrected chi connectivity index (χ0v) is 33.6. The Kier molecular flexibility index (Phi) is 11.8. The monoisotopic (exact) mass is 735 g/mol. The van der Waals surface area contributed by atoms with E-state index in [9.17, 15) is 0 Å². The summed E-state index contributed by atoms with van der Waals surface area (Å²) in [7, 11) is 0. The van der Waals surface area contributed by atoms with Crippen molar-refractivity contribution in [2.24, 2.45) is 5.41 Å². The molecule has 0 bridgehead atoms. The molecule has 241 valence electrons. The molecule has 0 unspecified atom stereocenters. The summed E-state index contributed by atoms with van der Waals surface area (Å²) >= 11 is 0. The summed E-state index contributed by atoms with van der Waals surface area (Å²) < 4.78 is 0. The van der Waals surface area contributed by atoms with Gasteiger partial charge in [0.05, 0.1) is 0 Å². The van der Waals surface area contributed by atoms with Crippen LogP contribution in [0.5, 0.6) is 0 Å². The van der Waals surface area contributed by atoms with E-state index in [0.29, 0.717) is 0 Å². The summed E-state index contributed by atoms with van der Waals surface area (Å²) in [5, 5.41) is 5.19. The van der Waals surface area contributed by atoms with Crippen LogP contribution in [0.25, 0.3) is 17.2 Å². The van der Waals surface area contributed by atoms with Crippen molar-refractivity contribution in [1.29, 1.82) is 0 Å². The van der Waals surface area contributed by atoms with Gasteiger partial charge in [-0.2, -0.15) is 0 Å². The second-order valence-electron chi connectivity index (χ2n) is 15.8. The van der Waals surface area contributed by atoms with Crippen molar-refractivity contribution in [2.45, 2.75) is 86.5 Å². The van der Waals surface area contributed by atoms with Gasteiger partial charge in [-0.25, -0.2) is 0 Å². The third kappa shape index (κ3) is 7.30. The minimum Gasteiger partial charge on any atom is -1.00 e. The minimum atomic E-state index is -0.0954. The summed E-state index contributed by atoms with van der Waals surface area (Å²) in [5.41, 5.74) is 13.5. The maximum Gasteiger partial charge on any atom is 3.00 e. The van der Waals surface area contributed by atoms with E-state index >= 15 is 0 Å². The first-order valence-corrected chi connectivity index (χ1v) is 16.2. The van der Waals surface area contributed by atoms with Crippen LogP contribution in [0.2, 0.25) is 0 Å². The van der Waals surface area contributed by atoms with Crippen LogP contribution in [0.15, 0.2) is 102 Å². The minimum absolute atomic E-state index is 0. The molecule has 0 spiro atoms. The van der Waals surface area contributed by atoms with Gasteiger partial charge in [-0.15, -0.1) is 33.4 Å². The molecule has 4 aromatic rings. The Morgan fingerprint density at radius 1 is 0.638 bits per heavy atom. The number of hydrogen-bond acceptors (Lipinski definition) is 0. The first kappa shape index (κ1) is 39.0. The topological polar surface area (TPSA) is 0 Å². The maximum absolute atomic E-state index is 4.00. The second kappa shape index (κ2) is 14.2. The van der Waals surface area contributed by atoms with Crippen LogP contribution in [0.3, 0.4) is 0 Å². The molecule has 47 heavy (non-hydrogen) atoms. The molecule has 3 heteroatoms. The molecule has 0 nitrogen and oxygen atoms in total. The van der Waals surface area contributed by atoms with Gasteiger partial charge in [0.1, 0.15) is 0 Å². The van der Waals surface area contributed by atoms with Gasteiger partial charge in [0, 0.05) is 0 Å². The van der Waals surface area contributed by atoms with Gasteiger partial charge in [-0.05, 0) is 62.6 Å². The van der Waals surface area contributed by atoms with Crippen LogP contribution in [-0.2, 0) is 37.0 Å². The summed E-state index contributed by atoms with van der Waals surface area (Å²) in [6.07, 6.45) is 7.38. The predicted octanol–water partition coefficient (Wildman–Crippen LogP) is 3.99. The van der Waals surface area contributed by atoms with E-state index in [-0.39, 0.29) is 67.3 Å². The molecule has 0 atom stereocenters. The molecule has 0 amide bonds. The first-order chi connectivity index (χ1) is 20.7. The third-order valence-corrected chi connectivity index (χ3v) is 9.31. The van der Waals surface area contributed by atoms with E-state index < -0.39 is 0 Å². The van der Waals surface area contributed by atoms with Crippen LogP contribution in [0, 0.1) is 15.9 Å². The molecule has 0 aromatic heterocycles. The van der Waals surface area contributed by atoms with E-state index in [1.165, 1.54) is 76.5 Å². The molecule has 0 heterocycles. The van der Waals surface area contributed by atoms with E-state index in [2.05, 4.69) is 166 Å². The third-order valence-electron chi connectivity index (χ3n) is 9.31. The Morgan fingerprint density at radius 3 is 1.68 bits per heavy atom. The maximum atomic E-state index is 4.00. The van der Waals surface area contributed by atoms with Crippen LogP contribution in [-0.4, -0.2) is 0 Å². The first-order valence-electron chi connectivity index (χ1n) is 16.2. The zero-order chi connectivity index (χ0) is 31.6. The Labute approximate surface area is 314 Å². The van der Waals surface area contributed by atoms with Gasteiger partial charge in [0.2, 0.25) is 0 Å². The van der Waals surface area contributed by atoms with Gasteiger partial charge in [-0.3, -0.25) is 0 Å². The predicted molar refractivity (Wildman–Crippen MR) is 189 cm³/mol. The largest absolute Gasteiger partial charge is 3.00 e. The molecule has 2 aliphatic carbocycles. The molecule has 0 fully saturated rings. The number of fused-ring (bicyclic) bond motifs is 2. The van der Waals surface area contributed by atoms with Crippen LogP contribution < -0.4 is 35.3 Å². The van der Waals surface area contributed by atoms with Crippen LogP contribution >= 0.6 is 0 Å². The smallest absolute Gasteiger partial charge is 1.00 e. The van der Waals surface area contributed by atoms with E-state index in [1.54, 1.807) is 0 Å². The molecule has 0 saturated carbocycles. The van der Waals surface area contributed by atoms with Crippen molar-refractivity contribution >= 4 is 17.2 Å². The van der Waals surface area contributed by atoms with Crippen molar-refractivity contribution in [3.05, 3.63) is 156 Å². The Hall–Kier alpha value is -2.44. The molecule has 0 N–H and O–H groups in total. The second-order valence-corrected chi connectivity index (χ2v) is 15.8. The van der Waals surface area contributed by atoms with Crippen molar-refractivity contribution in [3.8, 4) is 0 Å². The molecule has 0 aliphatic heterocycles. The Balaban J connectivity index is 0.00000200. The fourth-order valence-corrected chi connectivity index (χ4v) is 7.29. The van der Waals surface area contributed by atoms with Gasteiger partial charge in [-0.1, -0.05) is 170 Å². The molecular weight excluding hydrogens is 691 g/mol. The van der Waals surface area contributed by atoms with E-state index in [0.717, 1.165) is 6.42 Å². The van der Waals surface area contributed by atoms with Gasteiger partial charge < -0.3 is 24.8 Å².